The third kappa shape index (κ3) is 12.3. The molecule has 3 N–H and O–H groups in total. The van der Waals surface area contributed by atoms with Gasteiger partial charge in [-0.05, 0) is 43.6 Å². The van der Waals surface area contributed by atoms with Crippen LogP contribution in [0, 0.1) is 11.8 Å². The minimum Gasteiger partial charge on any atom is -0.507 e. The lowest BCUT2D eigenvalue weighted by atomic mass is 9.87. The zero-order valence-electron chi connectivity index (χ0n) is 20.8. The monoisotopic (exact) mass is 450 g/mol. The Balaban J connectivity index is 4.79. The maximum absolute atomic E-state index is 12.4. The largest absolute Gasteiger partial charge is 0.507 e. The normalized spacial score (nSPS) is 16.9. The Kier molecular flexibility index (Phi) is 16.7. The predicted octanol–water partition coefficient (Wildman–Crippen LogP) is 6.18. The summed E-state index contributed by atoms with van der Waals surface area (Å²) in [6.07, 6.45) is 11.2. The molecule has 5 nitrogen and oxygen atoms in total. The molecule has 0 bridgehead atoms. The molecule has 0 aromatic rings. The molecular weight excluding hydrogens is 404 g/mol. The van der Waals surface area contributed by atoms with E-state index in [2.05, 4.69) is 27.4 Å². The van der Waals surface area contributed by atoms with Crippen molar-refractivity contribution < 1.29 is 24.9 Å². The highest BCUT2D eigenvalue weighted by molar-refractivity contribution is 5.96. The van der Waals surface area contributed by atoms with E-state index >= 15 is 0 Å². The standard InChI is InChI=1S/C27H46O5/c1-7-13-20(4)21(5)15-12-18-26(30)25(29)17-11-10-16-23(24(28)14-8-2)27(31)19-22(9-3)32-6/h9-11,19-21,25-26,29-31H,3,7-8,12-18H2,1-2,4-6H3/b11-10+,22-19+,27-23-. The van der Waals surface area contributed by atoms with Crippen LogP contribution in [0.2, 0.25) is 0 Å². The van der Waals surface area contributed by atoms with Crippen molar-refractivity contribution >= 4 is 5.78 Å². The molecule has 0 aliphatic heterocycles. The van der Waals surface area contributed by atoms with Crippen molar-refractivity contribution in [1.82, 2.24) is 0 Å². The van der Waals surface area contributed by atoms with Crippen LogP contribution in [0.5, 0.6) is 0 Å². The second kappa shape index (κ2) is 17.7. The summed E-state index contributed by atoms with van der Waals surface area (Å²) in [5.74, 6) is 1.39. The molecule has 0 fully saturated rings. The van der Waals surface area contributed by atoms with Crippen LogP contribution >= 0.6 is 0 Å². The van der Waals surface area contributed by atoms with E-state index < -0.39 is 12.2 Å². The second-order valence-electron chi connectivity index (χ2n) is 8.71. The van der Waals surface area contributed by atoms with Crippen LogP contribution in [-0.4, -0.2) is 40.4 Å². The van der Waals surface area contributed by atoms with E-state index in [9.17, 15) is 20.1 Å². The molecule has 0 aromatic heterocycles. The highest BCUT2D eigenvalue weighted by Gasteiger charge is 2.17. The van der Waals surface area contributed by atoms with E-state index in [1.807, 2.05) is 6.92 Å². The number of Topliss-reactive ketones (excluding diaryl/α,β-unsaturated/α-hetero) is 1. The van der Waals surface area contributed by atoms with Gasteiger partial charge in [-0.15, -0.1) is 0 Å². The van der Waals surface area contributed by atoms with Crippen LogP contribution in [0.15, 0.2) is 48.0 Å². The summed E-state index contributed by atoms with van der Waals surface area (Å²) in [7, 11) is 1.47. The average Bonchev–Trinajstić information content (AvgIpc) is 2.76. The molecule has 184 valence electrons. The van der Waals surface area contributed by atoms with Gasteiger partial charge in [-0.25, -0.2) is 0 Å². The lowest BCUT2D eigenvalue weighted by Gasteiger charge is -2.21. The topological polar surface area (TPSA) is 87.0 Å². The highest BCUT2D eigenvalue weighted by Crippen LogP contribution is 2.23. The minimum atomic E-state index is -0.845. The van der Waals surface area contributed by atoms with E-state index in [0.717, 1.165) is 12.8 Å². The Bertz CT molecular complexity index is 632. The number of ether oxygens (including phenoxy) is 1. The lowest BCUT2D eigenvalue weighted by Crippen LogP contribution is -2.25. The van der Waals surface area contributed by atoms with Crippen molar-refractivity contribution in [3.63, 3.8) is 0 Å². The third-order valence-electron chi connectivity index (χ3n) is 6.02. The fourth-order valence-corrected chi connectivity index (χ4v) is 3.62. The molecule has 0 rings (SSSR count). The van der Waals surface area contributed by atoms with Crippen molar-refractivity contribution in [2.75, 3.05) is 7.11 Å². The summed E-state index contributed by atoms with van der Waals surface area (Å²) in [5.41, 5.74) is 0.296. The van der Waals surface area contributed by atoms with Crippen LogP contribution in [0.25, 0.3) is 0 Å². The molecular formula is C27H46O5. The Morgan fingerprint density at radius 1 is 1.00 bits per heavy atom. The van der Waals surface area contributed by atoms with Gasteiger partial charge in [0.25, 0.3) is 0 Å². The number of methoxy groups -OCH3 is 1. The zero-order chi connectivity index (χ0) is 24.5. The van der Waals surface area contributed by atoms with E-state index in [1.165, 1.54) is 32.1 Å². The van der Waals surface area contributed by atoms with E-state index in [4.69, 9.17) is 4.74 Å². The Hall–Kier alpha value is -1.85. The predicted molar refractivity (Wildman–Crippen MR) is 132 cm³/mol. The number of ketones is 1. The van der Waals surface area contributed by atoms with Gasteiger partial charge in [-0.1, -0.05) is 72.1 Å². The smallest absolute Gasteiger partial charge is 0.162 e. The van der Waals surface area contributed by atoms with Gasteiger partial charge >= 0.3 is 0 Å². The molecule has 0 aliphatic rings. The molecule has 0 amide bonds. The van der Waals surface area contributed by atoms with Crippen LogP contribution < -0.4 is 0 Å². The van der Waals surface area contributed by atoms with Crippen molar-refractivity contribution in [3.05, 3.63) is 48.0 Å². The molecule has 0 heterocycles. The maximum Gasteiger partial charge on any atom is 0.162 e. The minimum absolute atomic E-state index is 0.127. The van der Waals surface area contributed by atoms with Gasteiger partial charge in [0.1, 0.15) is 11.5 Å². The molecule has 0 aliphatic carbocycles. The first-order valence-electron chi connectivity index (χ1n) is 12.1. The summed E-state index contributed by atoms with van der Waals surface area (Å²) < 4.78 is 5.07. The van der Waals surface area contributed by atoms with Crippen molar-refractivity contribution in [1.29, 1.82) is 0 Å². The van der Waals surface area contributed by atoms with E-state index in [0.29, 0.717) is 48.9 Å². The fourth-order valence-electron chi connectivity index (χ4n) is 3.62. The number of carbonyl (C=O) groups excluding carboxylic acids is 1. The Morgan fingerprint density at radius 3 is 2.22 bits per heavy atom. The summed E-state index contributed by atoms with van der Waals surface area (Å²) >= 11 is 0. The van der Waals surface area contributed by atoms with Crippen molar-refractivity contribution in [2.45, 2.75) is 97.7 Å². The number of allylic oxidation sites excluding steroid dienone is 4. The Morgan fingerprint density at radius 2 is 1.66 bits per heavy atom. The Labute approximate surface area is 195 Å². The molecule has 5 heteroatoms. The van der Waals surface area contributed by atoms with Gasteiger partial charge in [0.15, 0.2) is 5.78 Å². The molecule has 0 radical (unpaired) electrons. The fraction of sp³-hybridized carbons (Fsp3) is 0.667. The van der Waals surface area contributed by atoms with Crippen LogP contribution in [-0.2, 0) is 9.53 Å². The number of carbonyl (C=O) groups is 1. The number of aliphatic hydroxyl groups excluding tert-OH is 3. The lowest BCUT2D eigenvalue weighted by molar-refractivity contribution is -0.115. The van der Waals surface area contributed by atoms with Crippen LogP contribution in [0.4, 0.5) is 0 Å². The van der Waals surface area contributed by atoms with Gasteiger partial charge in [-0.2, -0.15) is 0 Å². The summed E-state index contributed by atoms with van der Waals surface area (Å²) in [6, 6.07) is 0. The highest BCUT2D eigenvalue weighted by atomic mass is 16.5. The van der Waals surface area contributed by atoms with Crippen molar-refractivity contribution in [2.24, 2.45) is 11.8 Å². The number of hydrogen-bond acceptors (Lipinski definition) is 5. The van der Waals surface area contributed by atoms with Crippen molar-refractivity contribution in [3.8, 4) is 0 Å². The molecule has 0 saturated heterocycles. The zero-order valence-corrected chi connectivity index (χ0v) is 20.8. The third-order valence-corrected chi connectivity index (χ3v) is 6.02. The first kappa shape index (κ1) is 30.1. The summed E-state index contributed by atoms with van der Waals surface area (Å²) in [6.45, 7) is 12.2. The molecule has 0 aromatic carbocycles. The van der Waals surface area contributed by atoms with Gasteiger partial charge < -0.3 is 20.1 Å². The van der Waals surface area contributed by atoms with Crippen LogP contribution in [0.1, 0.15) is 85.5 Å². The first-order valence-corrected chi connectivity index (χ1v) is 12.1. The van der Waals surface area contributed by atoms with Gasteiger partial charge in [0.2, 0.25) is 0 Å². The van der Waals surface area contributed by atoms with E-state index in [-0.39, 0.29) is 18.0 Å². The van der Waals surface area contributed by atoms with E-state index in [1.54, 1.807) is 12.2 Å². The quantitative estimate of drug-likeness (QED) is 0.100. The maximum atomic E-state index is 12.4. The number of hydrogen-bond donors (Lipinski definition) is 3. The molecule has 4 unspecified atom stereocenters. The molecule has 4 atom stereocenters. The van der Waals surface area contributed by atoms with Gasteiger partial charge in [-0.3, -0.25) is 4.79 Å². The van der Waals surface area contributed by atoms with Crippen LogP contribution in [0.3, 0.4) is 0 Å². The average molecular weight is 451 g/mol. The summed E-state index contributed by atoms with van der Waals surface area (Å²) in [4.78, 5) is 12.4. The second-order valence-corrected chi connectivity index (χ2v) is 8.71. The number of aliphatic hydroxyl groups is 3. The van der Waals surface area contributed by atoms with Gasteiger partial charge in [0.05, 0.1) is 19.3 Å². The molecule has 32 heavy (non-hydrogen) atoms. The SMILES string of the molecule is C=C/C(=C\C(O)=C(/C/C=C/CC(O)C(O)CCCC(C)C(C)CCC)C(=O)CCC)OC. The summed E-state index contributed by atoms with van der Waals surface area (Å²) in [5, 5.41) is 30.9. The molecule has 0 saturated carbocycles. The first-order chi connectivity index (χ1) is 15.2. The van der Waals surface area contributed by atoms with Gasteiger partial charge in [0, 0.05) is 18.1 Å². The number of rotatable bonds is 18. The molecule has 0 spiro atoms.